The van der Waals surface area contributed by atoms with Crippen molar-refractivity contribution >= 4 is 43.9 Å². The Morgan fingerprint density at radius 2 is 1.75 bits per heavy atom. The average molecular weight is 593 g/mol. The lowest BCUT2D eigenvalue weighted by molar-refractivity contribution is 0.180. The van der Waals surface area contributed by atoms with E-state index in [0.717, 1.165) is 50.2 Å². The van der Waals surface area contributed by atoms with Gasteiger partial charge in [-0.25, -0.2) is 18.1 Å². The van der Waals surface area contributed by atoms with Gasteiger partial charge in [0, 0.05) is 82.4 Å². The lowest BCUT2D eigenvalue weighted by Gasteiger charge is -2.36. The fourth-order valence-corrected chi connectivity index (χ4v) is 5.78. The Bertz CT molecular complexity index is 1160. The Balaban J connectivity index is 0.00000141. The monoisotopic (exact) mass is 592 g/mol. The highest BCUT2D eigenvalue weighted by Gasteiger charge is 2.22. The van der Waals surface area contributed by atoms with E-state index in [0.29, 0.717) is 32.3 Å². The molecule has 8 nitrogen and oxygen atoms in total. The van der Waals surface area contributed by atoms with Gasteiger partial charge in [-0.2, -0.15) is 4.98 Å². The molecule has 218 valence electrons. The third-order valence-electron chi connectivity index (χ3n) is 6.05. The van der Waals surface area contributed by atoms with E-state index in [2.05, 4.69) is 49.0 Å². The van der Waals surface area contributed by atoms with E-state index < -0.39 is 11.6 Å². The number of anilines is 4. The SMILES string of the molecule is CCO.CCOPCCN(C)C1CCN(Sc2ccc(Nc3nccc(Nc4ccc(F)c(F)c4)n3)cc2)CC1. The van der Waals surface area contributed by atoms with Crippen LogP contribution in [0.25, 0.3) is 0 Å². The molecule has 0 aliphatic carbocycles. The van der Waals surface area contributed by atoms with Gasteiger partial charge in [0.05, 0.1) is 0 Å². The fourth-order valence-electron chi connectivity index (χ4n) is 4.04. The first-order valence-electron chi connectivity index (χ1n) is 13.4. The molecule has 1 atom stereocenters. The molecule has 1 aliphatic rings. The number of nitrogens with one attached hydrogen (secondary N) is 2. The van der Waals surface area contributed by atoms with E-state index in [9.17, 15) is 8.78 Å². The minimum absolute atomic E-state index is 0.250. The number of nitrogens with zero attached hydrogens (tertiary/aromatic N) is 4. The predicted octanol–water partition coefficient (Wildman–Crippen LogP) is 6.27. The van der Waals surface area contributed by atoms with Gasteiger partial charge >= 0.3 is 0 Å². The van der Waals surface area contributed by atoms with Gasteiger partial charge in [-0.05, 0) is 88.1 Å². The van der Waals surface area contributed by atoms with Gasteiger partial charge in [-0.3, -0.25) is 0 Å². The number of benzene rings is 2. The third-order valence-corrected chi connectivity index (χ3v) is 8.08. The summed E-state index contributed by atoms with van der Waals surface area (Å²) in [5.74, 6) is -0.931. The third kappa shape index (κ3) is 10.9. The van der Waals surface area contributed by atoms with Crippen molar-refractivity contribution in [1.29, 1.82) is 0 Å². The molecular formula is C28H39F2N6O2PS. The fraction of sp³-hybridized carbons (Fsp3) is 0.429. The molecular weight excluding hydrogens is 553 g/mol. The molecule has 0 saturated carbocycles. The van der Waals surface area contributed by atoms with Crippen molar-refractivity contribution in [2.24, 2.45) is 0 Å². The van der Waals surface area contributed by atoms with E-state index in [1.54, 1.807) is 31.1 Å². The molecule has 1 saturated heterocycles. The molecule has 4 rings (SSSR count). The molecule has 0 bridgehead atoms. The second-order valence-electron chi connectivity index (χ2n) is 9.04. The molecule has 3 N–H and O–H groups in total. The standard InChI is InChI=1S/C26H33F2N6OPS.C2H6O/c1-3-35-36-17-16-33(2)21-11-14-34(15-12-21)37-22-7-4-19(5-8-22)31-26-29-13-10-25(32-26)30-20-6-9-23(27)24(28)18-20;1-2-3/h4-10,13,18,21,36H,3,11-12,14-17H2,1-2H3,(H2,29,30,31,32);3H,2H2,1H3. The van der Waals surface area contributed by atoms with Crippen LogP contribution in [-0.2, 0) is 4.52 Å². The Hall–Kier alpha value is -2.40. The topological polar surface area (TPSA) is 85.8 Å². The van der Waals surface area contributed by atoms with Crippen LogP contribution in [0.5, 0.6) is 0 Å². The summed E-state index contributed by atoms with van der Waals surface area (Å²) in [5.41, 5.74) is 1.27. The highest BCUT2D eigenvalue weighted by Crippen LogP contribution is 2.29. The molecule has 2 heterocycles. The van der Waals surface area contributed by atoms with Crippen molar-refractivity contribution in [3.63, 3.8) is 0 Å². The zero-order valence-electron chi connectivity index (χ0n) is 23.2. The highest BCUT2D eigenvalue weighted by atomic mass is 32.2. The Kier molecular flexibility index (Phi) is 14.0. The second-order valence-corrected chi connectivity index (χ2v) is 11.3. The van der Waals surface area contributed by atoms with Crippen molar-refractivity contribution in [2.45, 2.75) is 37.6 Å². The lowest BCUT2D eigenvalue weighted by atomic mass is 10.1. The van der Waals surface area contributed by atoms with Crippen LogP contribution in [0.2, 0.25) is 0 Å². The smallest absolute Gasteiger partial charge is 0.229 e. The van der Waals surface area contributed by atoms with Crippen LogP contribution in [0.3, 0.4) is 0 Å². The molecule has 2 aromatic carbocycles. The molecule has 3 aromatic rings. The first-order chi connectivity index (χ1) is 19.4. The molecule has 40 heavy (non-hydrogen) atoms. The highest BCUT2D eigenvalue weighted by molar-refractivity contribution is 7.97. The zero-order valence-corrected chi connectivity index (χ0v) is 25.1. The van der Waals surface area contributed by atoms with E-state index in [4.69, 9.17) is 9.63 Å². The maximum atomic E-state index is 13.5. The second kappa shape index (κ2) is 17.4. The van der Waals surface area contributed by atoms with Crippen LogP contribution in [-0.4, -0.2) is 76.4 Å². The molecule has 0 amide bonds. The summed E-state index contributed by atoms with van der Waals surface area (Å²) in [5, 5.41) is 13.7. The van der Waals surface area contributed by atoms with E-state index in [1.807, 2.05) is 19.1 Å². The van der Waals surface area contributed by atoms with E-state index in [1.165, 1.54) is 23.8 Å². The van der Waals surface area contributed by atoms with Gasteiger partial charge < -0.3 is 25.2 Å². The van der Waals surface area contributed by atoms with Crippen LogP contribution in [0, 0.1) is 11.6 Å². The van der Waals surface area contributed by atoms with Gasteiger partial charge in [0.25, 0.3) is 0 Å². The van der Waals surface area contributed by atoms with Crippen molar-refractivity contribution in [3.05, 3.63) is 66.4 Å². The summed E-state index contributed by atoms with van der Waals surface area (Å²) in [7, 11) is 2.83. The van der Waals surface area contributed by atoms with Gasteiger partial charge in [0.1, 0.15) is 5.82 Å². The van der Waals surface area contributed by atoms with E-state index >= 15 is 0 Å². The number of aromatic nitrogens is 2. The minimum atomic E-state index is -0.916. The number of rotatable bonds is 12. The van der Waals surface area contributed by atoms with Crippen LogP contribution < -0.4 is 10.6 Å². The van der Waals surface area contributed by atoms with E-state index in [-0.39, 0.29) is 6.61 Å². The number of aliphatic hydroxyl groups excluding tert-OH is 1. The summed E-state index contributed by atoms with van der Waals surface area (Å²) < 4.78 is 34.5. The zero-order chi connectivity index (χ0) is 28.7. The average Bonchev–Trinajstić information content (AvgIpc) is 2.95. The van der Waals surface area contributed by atoms with Gasteiger partial charge in [-0.1, -0.05) is 0 Å². The summed E-state index contributed by atoms with van der Waals surface area (Å²) in [6.07, 6.45) is 5.06. The number of hydrogen-bond acceptors (Lipinski definition) is 9. The molecule has 0 radical (unpaired) electrons. The van der Waals surface area contributed by atoms with Crippen LogP contribution in [0.1, 0.15) is 26.7 Å². The number of hydrogen-bond donors (Lipinski definition) is 3. The molecule has 12 heteroatoms. The van der Waals surface area contributed by atoms with Crippen molar-refractivity contribution < 1.29 is 18.4 Å². The van der Waals surface area contributed by atoms with Crippen LogP contribution in [0.4, 0.5) is 31.9 Å². The first-order valence-corrected chi connectivity index (χ1v) is 15.3. The van der Waals surface area contributed by atoms with Gasteiger partial charge in [0.2, 0.25) is 5.95 Å². The predicted molar refractivity (Wildman–Crippen MR) is 162 cm³/mol. The number of piperidine rings is 1. The number of aliphatic hydroxyl groups is 1. The summed E-state index contributed by atoms with van der Waals surface area (Å²) in [6.45, 7) is 8.01. The minimum Gasteiger partial charge on any atom is -0.397 e. The Morgan fingerprint density at radius 3 is 2.42 bits per heavy atom. The maximum Gasteiger partial charge on any atom is 0.229 e. The Labute approximate surface area is 241 Å². The van der Waals surface area contributed by atoms with Gasteiger partial charge in [0.15, 0.2) is 11.6 Å². The maximum absolute atomic E-state index is 13.5. The van der Waals surface area contributed by atoms with Gasteiger partial charge in [-0.15, -0.1) is 0 Å². The Morgan fingerprint density at radius 1 is 1.05 bits per heavy atom. The molecule has 1 fully saturated rings. The van der Waals surface area contributed by atoms with Crippen molar-refractivity contribution in [2.75, 3.05) is 56.7 Å². The van der Waals surface area contributed by atoms with Crippen molar-refractivity contribution in [1.82, 2.24) is 19.2 Å². The largest absolute Gasteiger partial charge is 0.397 e. The normalized spacial score (nSPS) is 14.4. The number of halogens is 2. The first kappa shape index (κ1) is 32.1. The summed E-state index contributed by atoms with van der Waals surface area (Å²) in [4.78, 5) is 12.3. The molecule has 0 spiro atoms. The molecule has 1 unspecified atom stereocenters. The molecule has 1 aromatic heterocycles. The summed E-state index contributed by atoms with van der Waals surface area (Å²) >= 11 is 1.79. The molecule has 1 aliphatic heterocycles. The van der Waals surface area contributed by atoms with Crippen LogP contribution >= 0.6 is 20.8 Å². The lowest BCUT2D eigenvalue weighted by Crippen LogP contribution is -2.41. The summed E-state index contributed by atoms with van der Waals surface area (Å²) in [6, 6.07) is 14.1. The van der Waals surface area contributed by atoms with Crippen LogP contribution in [0.15, 0.2) is 59.6 Å². The van der Waals surface area contributed by atoms with Crippen molar-refractivity contribution in [3.8, 4) is 0 Å². The quantitative estimate of drug-likeness (QED) is 0.128.